The number of halogens is 1. The van der Waals surface area contributed by atoms with E-state index >= 15 is 0 Å². The number of unbranched alkanes of at least 4 members (excludes halogenated alkanes) is 1. The van der Waals surface area contributed by atoms with E-state index in [2.05, 4.69) is 15.6 Å². The van der Waals surface area contributed by atoms with Gasteiger partial charge < -0.3 is 35.2 Å². The molecular formula is C43H46FN5O7. The normalized spacial score (nSPS) is 16.3. The van der Waals surface area contributed by atoms with Crippen LogP contribution in [0, 0.1) is 5.82 Å². The van der Waals surface area contributed by atoms with Gasteiger partial charge in [-0.05, 0) is 79.6 Å². The van der Waals surface area contributed by atoms with Crippen molar-refractivity contribution in [2.75, 3.05) is 13.1 Å². The Morgan fingerprint density at radius 1 is 0.804 bits per heavy atom. The van der Waals surface area contributed by atoms with Crippen molar-refractivity contribution < 1.29 is 37.5 Å². The molecule has 6 rings (SSSR count). The Morgan fingerprint density at radius 2 is 1.48 bits per heavy atom. The van der Waals surface area contributed by atoms with Crippen LogP contribution >= 0.6 is 0 Å². The minimum Gasteiger partial charge on any atom is -0.445 e. The summed E-state index contributed by atoms with van der Waals surface area (Å²) in [6.45, 7) is 0.541. The number of hydrogen-bond donors (Lipinski definition) is 3. The number of nitrogens with one attached hydrogen (secondary N) is 2. The number of likely N-dealkylation sites (tertiary alicyclic amines) is 1. The van der Waals surface area contributed by atoms with Crippen molar-refractivity contribution in [1.82, 2.24) is 20.5 Å². The summed E-state index contributed by atoms with van der Waals surface area (Å²) >= 11 is 0. The summed E-state index contributed by atoms with van der Waals surface area (Å²) in [5.41, 5.74) is 9.15. The second kappa shape index (κ2) is 19.6. The third-order valence-electron chi connectivity index (χ3n) is 9.70. The molecule has 1 aliphatic rings. The molecular weight excluding hydrogens is 717 g/mol. The number of aromatic nitrogens is 1. The summed E-state index contributed by atoms with van der Waals surface area (Å²) in [5, 5.41) is 5.64. The number of ketones is 1. The molecule has 4 N–H and O–H groups in total. The van der Waals surface area contributed by atoms with E-state index in [9.17, 15) is 23.6 Å². The minimum atomic E-state index is -1.06. The van der Waals surface area contributed by atoms with Crippen LogP contribution in [0.1, 0.15) is 59.5 Å². The van der Waals surface area contributed by atoms with E-state index in [0.717, 1.165) is 11.1 Å². The van der Waals surface area contributed by atoms with Gasteiger partial charge >= 0.3 is 6.09 Å². The topological polar surface area (TPSA) is 166 Å². The maximum atomic E-state index is 14.6. The van der Waals surface area contributed by atoms with Crippen molar-refractivity contribution >= 4 is 34.8 Å². The first kappa shape index (κ1) is 39.8. The van der Waals surface area contributed by atoms with Crippen molar-refractivity contribution in [2.24, 2.45) is 5.73 Å². The second-order valence-corrected chi connectivity index (χ2v) is 13.8. The third-order valence-corrected chi connectivity index (χ3v) is 9.70. The monoisotopic (exact) mass is 763 g/mol. The molecule has 4 atom stereocenters. The predicted molar refractivity (Wildman–Crippen MR) is 207 cm³/mol. The van der Waals surface area contributed by atoms with E-state index in [0.29, 0.717) is 42.5 Å². The summed E-state index contributed by atoms with van der Waals surface area (Å²) in [7, 11) is 0. The van der Waals surface area contributed by atoms with Crippen LogP contribution in [-0.4, -0.2) is 70.9 Å². The van der Waals surface area contributed by atoms with Gasteiger partial charge in [0.15, 0.2) is 5.58 Å². The smallest absolute Gasteiger partial charge is 0.408 e. The second-order valence-electron chi connectivity index (χ2n) is 13.8. The summed E-state index contributed by atoms with van der Waals surface area (Å²) < 4.78 is 31.0. The fourth-order valence-corrected chi connectivity index (χ4v) is 6.68. The lowest BCUT2D eigenvalue weighted by molar-refractivity contribution is -0.140. The van der Waals surface area contributed by atoms with Gasteiger partial charge in [0.2, 0.25) is 17.6 Å². The van der Waals surface area contributed by atoms with Crippen molar-refractivity contribution in [3.05, 3.63) is 138 Å². The maximum absolute atomic E-state index is 14.6. The van der Waals surface area contributed by atoms with Crippen LogP contribution in [0.3, 0.4) is 0 Å². The van der Waals surface area contributed by atoms with Crippen molar-refractivity contribution in [3.63, 3.8) is 0 Å². The third kappa shape index (κ3) is 10.9. The van der Waals surface area contributed by atoms with Crippen LogP contribution in [-0.2, 0) is 38.7 Å². The summed E-state index contributed by atoms with van der Waals surface area (Å²) in [4.78, 5) is 61.7. The highest BCUT2D eigenvalue weighted by Crippen LogP contribution is 2.25. The molecule has 12 nitrogen and oxygen atoms in total. The highest BCUT2D eigenvalue weighted by molar-refractivity contribution is 6.01. The van der Waals surface area contributed by atoms with Crippen LogP contribution in [0.15, 0.2) is 114 Å². The van der Waals surface area contributed by atoms with E-state index < -0.39 is 47.9 Å². The molecule has 1 aliphatic heterocycles. The Morgan fingerprint density at radius 3 is 2.20 bits per heavy atom. The molecule has 0 spiro atoms. The number of para-hydroxylation sites is 2. The highest BCUT2D eigenvalue weighted by Gasteiger charge is 2.43. The molecule has 0 bridgehead atoms. The largest absolute Gasteiger partial charge is 0.445 e. The molecule has 0 saturated carbocycles. The van der Waals surface area contributed by atoms with Crippen LogP contribution < -0.4 is 16.4 Å². The number of oxazole rings is 1. The first-order valence-electron chi connectivity index (χ1n) is 18.8. The van der Waals surface area contributed by atoms with Crippen LogP contribution in [0.2, 0.25) is 0 Å². The highest BCUT2D eigenvalue weighted by atomic mass is 19.1. The number of nitrogens with zero attached hydrogens (tertiary/aromatic N) is 2. The van der Waals surface area contributed by atoms with E-state index in [-0.39, 0.29) is 50.7 Å². The lowest BCUT2D eigenvalue weighted by atomic mass is 10.0. The predicted octanol–water partition coefficient (Wildman–Crippen LogP) is 5.88. The number of Topliss-reactive ketones (excluding diaryl/α,β-unsaturated/α-hetero) is 1. The molecule has 292 valence electrons. The van der Waals surface area contributed by atoms with Crippen LogP contribution in [0.5, 0.6) is 0 Å². The average molecular weight is 764 g/mol. The number of aryl methyl sites for hydroxylation is 1. The Hall–Kier alpha value is -5.92. The van der Waals surface area contributed by atoms with Gasteiger partial charge in [0.05, 0.1) is 18.8 Å². The van der Waals surface area contributed by atoms with Gasteiger partial charge in [0.1, 0.15) is 30.0 Å². The fraction of sp³-hybridized carbons (Fsp3) is 0.326. The zero-order valence-electron chi connectivity index (χ0n) is 31.0. The van der Waals surface area contributed by atoms with Gasteiger partial charge in [-0.1, -0.05) is 84.9 Å². The Balaban J connectivity index is 1.23. The zero-order chi connectivity index (χ0) is 39.3. The fourth-order valence-electron chi connectivity index (χ4n) is 6.68. The van der Waals surface area contributed by atoms with Crippen molar-refractivity contribution in [1.29, 1.82) is 0 Å². The average Bonchev–Trinajstić information content (AvgIpc) is 3.87. The molecule has 0 unspecified atom stereocenters. The number of rotatable bonds is 18. The van der Waals surface area contributed by atoms with E-state index in [1.54, 1.807) is 36.4 Å². The Labute approximate surface area is 324 Å². The first-order chi connectivity index (χ1) is 27.3. The number of ether oxygens (including phenoxy) is 2. The van der Waals surface area contributed by atoms with Gasteiger partial charge in [-0.2, -0.15) is 0 Å². The molecule has 0 radical (unpaired) electrons. The summed E-state index contributed by atoms with van der Waals surface area (Å²) in [5.74, 6) is -2.09. The van der Waals surface area contributed by atoms with Crippen molar-refractivity contribution in [3.8, 4) is 0 Å². The van der Waals surface area contributed by atoms with Gasteiger partial charge in [0.25, 0.3) is 5.89 Å². The lowest BCUT2D eigenvalue weighted by Gasteiger charge is -2.29. The standard InChI is InChI=1S/C43H46FN5O7/c44-32-21-18-31(19-22-32)27-54-33-25-37(40(51)46-35(16-9-10-24-45)39(50)41-47-34-15-7-8-17-38(34)56-41)49(26-33)42(52)36(23-20-29-11-3-1-4-12-29)48-43(53)55-28-30-13-5-2-6-14-30/h1-8,11-15,17-19,21-22,33,35-37H,9-10,16,20,23-28,45H2,(H,46,51)(H,48,53)/t33-,35+,36-,37+/m1/s1. The van der Waals surface area contributed by atoms with Crippen LogP contribution in [0.25, 0.3) is 11.1 Å². The summed E-state index contributed by atoms with van der Waals surface area (Å²) in [6, 6.07) is 28.4. The molecule has 13 heteroatoms. The van der Waals surface area contributed by atoms with Crippen LogP contribution in [0.4, 0.5) is 9.18 Å². The number of fused-ring (bicyclic) bond motifs is 1. The molecule has 5 aromatic rings. The number of nitrogens with two attached hydrogens (primary N) is 1. The molecule has 3 amide bonds. The molecule has 1 aromatic heterocycles. The van der Waals surface area contributed by atoms with E-state index in [1.165, 1.54) is 17.0 Å². The van der Waals surface area contributed by atoms with E-state index in [4.69, 9.17) is 19.6 Å². The number of benzene rings is 4. The van der Waals surface area contributed by atoms with Gasteiger partial charge in [-0.3, -0.25) is 14.4 Å². The maximum Gasteiger partial charge on any atom is 0.408 e. The number of carbonyl (C=O) groups excluding carboxylic acids is 4. The summed E-state index contributed by atoms with van der Waals surface area (Å²) in [6.07, 6.45) is 0.823. The molecule has 1 fully saturated rings. The first-order valence-corrected chi connectivity index (χ1v) is 18.8. The number of amides is 3. The lowest BCUT2D eigenvalue weighted by Crippen LogP contribution is -2.55. The quantitative estimate of drug-likeness (QED) is 0.0730. The minimum absolute atomic E-state index is 0.0000254. The number of hydrogen-bond acceptors (Lipinski definition) is 9. The zero-order valence-corrected chi connectivity index (χ0v) is 31.0. The molecule has 56 heavy (non-hydrogen) atoms. The van der Waals surface area contributed by atoms with Gasteiger partial charge in [0, 0.05) is 13.0 Å². The molecule has 4 aromatic carbocycles. The SMILES string of the molecule is NCCCC[C@H](NC(=O)[C@@H]1C[C@@H](OCc2ccc(F)cc2)CN1C(=O)[C@@H](CCc1ccccc1)NC(=O)OCc1ccccc1)C(=O)c1nc2ccccc2o1. The Kier molecular flexibility index (Phi) is 13.9. The van der Waals surface area contributed by atoms with Gasteiger partial charge in [-0.15, -0.1) is 0 Å². The van der Waals surface area contributed by atoms with E-state index in [1.807, 2.05) is 60.7 Å². The van der Waals surface area contributed by atoms with Gasteiger partial charge in [-0.25, -0.2) is 14.2 Å². The Bertz CT molecular complexity index is 2030. The number of alkyl carbamates (subject to hydrolysis) is 1. The molecule has 2 heterocycles. The molecule has 1 saturated heterocycles. The molecule has 0 aliphatic carbocycles. The van der Waals surface area contributed by atoms with Crippen molar-refractivity contribution in [2.45, 2.75) is 76.0 Å². The number of carbonyl (C=O) groups is 4.